The lowest BCUT2D eigenvalue weighted by Gasteiger charge is -2.07. The number of aryl methyl sites for hydroxylation is 1. The van der Waals surface area contributed by atoms with Crippen LogP contribution >= 0.6 is 0 Å². The van der Waals surface area contributed by atoms with Crippen molar-refractivity contribution in [2.24, 2.45) is 0 Å². The Bertz CT molecular complexity index is 1110. The molecule has 5 nitrogen and oxygen atoms in total. The molecule has 0 amide bonds. The molecule has 148 valence electrons. The van der Waals surface area contributed by atoms with E-state index in [1.54, 1.807) is 73.8 Å². The molecule has 0 aliphatic carbocycles. The van der Waals surface area contributed by atoms with Crippen molar-refractivity contribution in [1.29, 1.82) is 0 Å². The molecule has 0 aliphatic heterocycles. The molecular formula is C23H20O5S. The first-order chi connectivity index (χ1) is 13.9. The minimum absolute atomic E-state index is 0.0946. The summed E-state index contributed by atoms with van der Waals surface area (Å²) in [7, 11) is -2.33. The highest BCUT2D eigenvalue weighted by Crippen LogP contribution is 2.20. The van der Waals surface area contributed by atoms with Crippen LogP contribution in [0.2, 0.25) is 0 Å². The Labute approximate surface area is 170 Å². The van der Waals surface area contributed by atoms with Crippen LogP contribution in [0.3, 0.4) is 0 Å². The fraction of sp³-hybridized carbons (Fsp3) is 0.0870. The van der Waals surface area contributed by atoms with E-state index < -0.39 is 10.1 Å². The van der Waals surface area contributed by atoms with Gasteiger partial charge in [0.2, 0.25) is 0 Å². The molecule has 3 aromatic carbocycles. The smallest absolute Gasteiger partial charge is 0.339 e. The topological polar surface area (TPSA) is 69.7 Å². The van der Waals surface area contributed by atoms with E-state index in [4.69, 9.17) is 8.92 Å². The van der Waals surface area contributed by atoms with Gasteiger partial charge in [-0.3, -0.25) is 4.79 Å². The summed E-state index contributed by atoms with van der Waals surface area (Å²) in [5.41, 5.74) is 2.25. The molecule has 29 heavy (non-hydrogen) atoms. The lowest BCUT2D eigenvalue weighted by Crippen LogP contribution is -2.09. The molecule has 0 spiro atoms. The third-order valence-electron chi connectivity index (χ3n) is 4.20. The van der Waals surface area contributed by atoms with Crippen LogP contribution in [-0.4, -0.2) is 21.3 Å². The van der Waals surface area contributed by atoms with Gasteiger partial charge in [0.25, 0.3) is 0 Å². The Hall–Kier alpha value is -3.38. The molecule has 3 aromatic rings. The summed E-state index contributed by atoms with van der Waals surface area (Å²) >= 11 is 0. The van der Waals surface area contributed by atoms with E-state index in [0.29, 0.717) is 11.3 Å². The van der Waals surface area contributed by atoms with Crippen LogP contribution in [-0.2, 0) is 10.1 Å². The summed E-state index contributed by atoms with van der Waals surface area (Å²) in [6.45, 7) is 1.88. The van der Waals surface area contributed by atoms with E-state index in [0.717, 1.165) is 11.1 Å². The van der Waals surface area contributed by atoms with Gasteiger partial charge in [0, 0.05) is 5.56 Å². The van der Waals surface area contributed by atoms with Crippen LogP contribution < -0.4 is 8.92 Å². The summed E-state index contributed by atoms with van der Waals surface area (Å²) in [6.07, 6.45) is 3.12. The summed E-state index contributed by atoms with van der Waals surface area (Å²) in [5.74, 6) is 0.737. The normalized spacial score (nSPS) is 11.4. The molecule has 0 heterocycles. The van der Waals surface area contributed by atoms with E-state index in [-0.39, 0.29) is 16.4 Å². The highest BCUT2D eigenvalue weighted by Gasteiger charge is 2.16. The number of methoxy groups -OCH3 is 1. The highest BCUT2D eigenvalue weighted by molar-refractivity contribution is 7.87. The molecule has 6 heteroatoms. The van der Waals surface area contributed by atoms with Gasteiger partial charge in [-0.15, -0.1) is 0 Å². The largest absolute Gasteiger partial charge is 0.497 e. The van der Waals surface area contributed by atoms with E-state index in [2.05, 4.69) is 0 Å². The van der Waals surface area contributed by atoms with Crippen molar-refractivity contribution in [2.75, 3.05) is 7.11 Å². The van der Waals surface area contributed by atoms with Crippen molar-refractivity contribution in [3.8, 4) is 11.5 Å². The fourth-order valence-electron chi connectivity index (χ4n) is 2.54. The zero-order valence-electron chi connectivity index (χ0n) is 16.0. The third-order valence-corrected chi connectivity index (χ3v) is 5.46. The Kier molecular flexibility index (Phi) is 6.14. The molecule has 0 saturated heterocycles. The van der Waals surface area contributed by atoms with Gasteiger partial charge in [-0.1, -0.05) is 35.9 Å². The number of ether oxygens (including phenoxy) is 1. The zero-order chi connectivity index (χ0) is 20.9. The SMILES string of the molecule is COc1ccc(C(=O)/C=C/c2ccc(OS(=O)(=O)c3ccc(C)cc3)cc2)cc1. The maximum atomic E-state index is 12.3. The number of hydrogen-bond acceptors (Lipinski definition) is 5. The second kappa shape index (κ2) is 8.75. The van der Waals surface area contributed by atoms with Crippen LogP contribution in [0, 0.1) is 6.92 Å². The number of rotatable bonds is 7. The molecule has 0 fully saturated rings. The van der Waals surface area contributed by atoms with Crippen molar-refractivity contribution in [2.45, 2.75) is 11.8 Å². The van der Waals surface area contributed by atoms with Crippen molar-refractivity contribution in [1.82, 2.24) is 0 Å². The molecule has 0 saturated carbocycles. The lowest BCUT2D eigenvalue weighted by molar-refractivity contribution is 0.104. The van der Waals surface area contributed by atoms with Gasteiger partial charge in [0.05, 0.1) is 7.11 Å². The van der Waals surface area contributed by atoms with Crippen LogP contribution in [0.15, 0.2) is 83.8 Å². The fourth-order valence-corrected chi connectivity index (χ4v) is 3.47. The van der Waals surface area contributed by atoms with Gasteiger partial charge in [-0.2, -0.15) is 8.42 Å². The van der Waals surface area contributed by atoms with Crippen LogP contribution in [0.4, 0.5) is 0 Å². The third kappa shape index (κ3) is 5.33. The van der Waals surface area contributed by atoms with Crippen molar-refractivity contribution < 1.29 is 22.1 Å². The maximum Gasteiger partial charge on any atom is 0.339 e. The summed E-state index contributed by atoms with van der Waals surface area (Å²) in [4.78, 5) is 12.3. The minimum atomic E-state index is -3.89. The number of benzene rings is 3. The molecule has 0 aliphatic rings. The first-order valence-electron chi connectivity index (χ1n) is 8.85. The lowest BCUT2D eigenvalue weighted by atomic mass is 10.1. The van der Waals surface area contributed by atoms with Crippen molar-refractivity contribution in [3.63, 3.8) is 0 Å². The predicted molar refractivity (Wildman–Crippen MR) is 112 cm³/mol. The van der Waals surface area contributed by atoms with Crippen LogP contribution in [0.25, 0.3) is 6.08 Å². The van der Waals surface area contributed by atoms with Gasteiger partial charge in [-0.05, 0) is 67.1 Å². The Morgan fingerprint density at radius 1 is 0.828 bits per heavy atom. The van der Waals surface area contributed by atoms with Crippen molar-refractivity contribution >= 4 is 22.0 Å². The summed E-state index contributed by atoms with van der Waals surface area (Å²) in [6, 6.07) is 19.7. The summed E-state index contributed by atoms with van der Waals surface area (Å²) < 4.78 is 34.9. The minimum Gasteiger partial charge on any atom is -0.497 e. The van der Waals surface area contributed by atoms with Gasteiger partial charge >= 0.3 is 10.1 Å². The zero-order valence-corrected chi connectivity index (χ0v) is 16.8. The van der Waals surface area contributed by atoms with Gasteiger partial charge in [0.1, 0.15) is 16.4 Å². The molecule has 0 unspecified atom stereocenters. The highest BCUT2D eigenvalue weighted by atomic mass is 32.2. The van der Waals surface area contributed by atoms with Gasteiger partial charge in [-0.25, -0.2) is 0 Å². The van der Waals surface area contributed by atoms with E-state index >= 15 is 0 Å². The molecule has 3 rings (SSSR count). The first-order valence-corrected chi connectivity index (χ1v) is 10.3. The van der Waals surface area contributed by atoms with Crippen molar-refractivity contribution in [3.05, 3.63) is 95.6 Å². The quantitative estimate of drug-likeness (QED) is 0.323. The monoisotopic (exact) mass is 408 g/mol. The standard InChI is InChI=1S/C23H20O5S/c1-17-3-14-22(15-4-17)29(25,26)28-21-10-5-18(6-11-21)7-16-23(24)19-8-12-20(27-2)13-9-19/h3-16H,1-2H3/b16-7+. The first kappa shape index (κ1) is 20.4. The number of allylic oxidation sites excluding steroid dienone is 1. The Balaban J connectivity index is 1.67. The van der Waals surface area contributed by atoms with E-state index in [9.17, 15) is 13.2 Å². The number of carbonyl (C=O) groups is 1. The Morgan fingerprint density at radius 3 is 2.00 bits per heavy atom. The molecule has 0 N–H and O–H groups in total. The average Bonchev–Trinajstić information content (AvgIpc) is 2.73. The predicted octanol–water partition coefficient (Wildman–Crippen LogP) is 4.67. The number of carbonyl (C=O) groups excluding carboxylic acids is 1. The van der Waals surface area contributed by atoms with E-state index in [1.807, 2.05) is 6.92 Å². The molecule has 0 radical (unpaired) electrons. The van der Waals surface area contributed by atoms with Gasteiger partial charge in [0.15, 0.2) is 5.78 Å². The summed E-state index contributed by atoms with van der Waals surface area (Å²) in [5, 5.41) is 0. The molecule has 0 aromatic heterocycles. The second-order valence-electron chi connectivity index (χ2n) is 6.35. The average molecular weight is 408 g/mol. The Morgan fingerprint density at radius 2 is 1.41 bits per heavy atom. The van der Waals surface area contributed by atoms with Gasteiger partial charge < -0.3 is 8.92 Å². The molecule has 0 bridgehead atoms. The van der Waals surface area contributed by atoms with Crippen LogP contribution in [0.5, 0.6) is 11.5 Å². The second-order valence-corrected chi connectivity index (χ2v) is 7.89. The molecule has 0 atom stereocenters. The number of ketones is 1. The van der Waals surface area contributed by atoms with Crippen LogP contribution in [0.1, 0.15) is 21.5 Å². The van der Waals surface area contributed by atoms with E-state index in [1.165, 1.54) is 18.2 Å². The maximum absolute atomic E-state index is 12.3. The molecular weight excluding hydrogens is 388 g/mol. The number of hydrogen-bond donors (Lipinski definition) is 0.